The Morgan fingerprint density at radius 1 is 1.14 bits per heavy atom. The molecule has 1 heterocycles. The van der Waals surface area contributed by atoms with Crippen LogP contribution in [0.5, 0.6) is 5.75 Å². The van der Waals surface area contributed by atoms with E-state index in [4.69, 9.17) is 4.74 Å². The zero-order valence-corrected chi connectivity index (χ0v) is 17.1. The molecule has 7 nitrogen and oxygen atoms in total. The van der Waals surface area contributed by atoms with Crippen molar-refractivity contribution < 1.29 is 19.2 Å². The normalized spacial score (nSPS) is 14.5. The number of amides is 1. The molecule has 0 N–H and O–H groups in total. The van der Waals surface area contributed by atoms with E-state index in [0.717, 1.165) is 4.90 Å². The van der Waals surface area contributed by atoms with Crippen LogP contribution in [0.15, 0.2) is 47.4 Å². The molecule has 0 aliphatic carbocycles. The second-order valence-electron chi connectivity index (χ2n) is 6.80. The number of ketones is 1. The first kappa shape index (κ1) is 20.9. The average Bonchev–Trinajstić information content (AvgIpc) is 2.77. The monoisotopic (exact) mass is 414 g/mol. The molecule has 152 valence electrons. The highest BCUT2D eigenvalue weighted by molar-refractivity contribution is 7.98. The second-order valence-corrected chi connectivity index (χ2v) is 7.68. The number of ether oxygens (including phenoxy) is 1. The van der Waals surface area contributed by atoms with Gasteiger partial charge in [-0.25, -0.2) is 0 Å². The highest BCUT2D eigenvalue weighted by Crippen LogP contribution is 2.29. The molecule has 1 amide bonds. The van der Waals surface area contributed by atoms with Gasteiger partial charge in [-0.3, -0.25) is 19.7 Å². The smallest absolute Gasteiger partial charge is 0.282 e. The van der Waals surface area contributed by atoms with Crippen molar-refractivity contribution in [2.75, 3.05) is 26.5 Å². The maximum Gasteiger partial charge on any atom is 0.282 e. The summed E-state index contributed by atoms with van der Waals surface area (Å²) in [4.78, 5) is 38.9. The van der Waals surface area contributed by atoms with Crippen LogP contribution < -0.4 is 4.74 Å². The molecule has 0 aromatic heterocycles. The van der Waals surface area contributed by atoms with Gasteiger partial charge in [0.25, 0.3) is 11.6 Å². The molecule has 2 aromatic carbocycles. The van der Waals surface area contributed by atoms with Crippen LogP contribution in [-0.2, 0) is 0 Å². The summed E-state index contributed by atoms with van der Waals surface area (Å²) >= 11 is 1.43. The van der Waals surface area contributed by atoms with E-state index in [-0.39, 0.29) is 28.9 Å². The maximum absolute atomic E-state index is 12.9. The van der Waals surface area contributed by atoms with Crippen molar-refractivity contribution in [2.24, 2.45) is 5.92 Å². The minimum absolute atomic E-state index is 0.0510. The first-order valence-corrected chi connectivity index (χ1v) is 10.5. The quantitative estimate of drug-likeness (QED) is 0.306. The lowest BCUT2D eigenvalue weighted by Crippen LogP contribution is -2.40. The number of nitro benzene ring substituents is 1. The van der Waals surface area contributed by atoms with Crippen LogP contribution in [0.4, 0.5) is 5.69 Å². The predicted molar refractivity (Wildman–Crippen MR) is 111 cm³/mol. The SMILES string of the molecule is COc1ccc(C(=O)C2CCN(C(=O)c3cc(SC)ccc3[N+](=O)[O-])CC2)cc1. The highest BCUT2D eigenvalue weighted by atomic mass is 32.2. The van der Waals surface area contributed by atoms with Crippen molar-refractivity contribution in [1.82, 2.24) is 4.90 Å². The Bertz CT molecular complexity index is 921. The molecule has 1 fully saturated rings. The molecule has 1 aliphatic heterocycles. The number of piperidine rings is 1. The molecule has 0 atom stereocenters. The van der Waals surface area contributed by atoms with Gasteiger partial charge in [0.05, 0.1) is 12.0 Å². The summed E-state index contributed by atoms with van der Waals surface area (Å²) in [5.41, 5.74) is 0.532. The third-order valence-corrected chi connectivity index (χ3v) is 5.88. The van der Waals surface area contributed by atoms with Gasteiger partial charge in [-0.2, -0.15) is 0 Å². The summed E-state index contributed by atoms with van der Waals surface area (Å²) in [6, 6.07) is 11.6. The summed E-state index contributed by atoms with van der Waals surface area (Å²) < 4.78 is 5.11. The Labute approximate surface area is 173 Å². The molecule has 0 spiro atoms. The second kappa shape index (κ2) is 9.09. The fourth-order valence-electron chi connectivity index (χ4n) is 3.48. The average molecular weight is 414 g/mol. The molecule has 0 saturated carbocycles. The molecule has 0 unspecified atom stereocenters. The third-order valence-electron chi connectivity index (χ3n) is 5.16. The zero-order chi connectivity index (χ0) is 21.0. The van der Waals surface area contributed by atoms with Gasteiger partial charge < -0.3 is 9.64 Å². The number of thioether (sulfide) groups is 1. The van der Waals surface area contributed by atoms with E-state index < -0.39 is 4.92 Å². The lowest BCUT2D eigenvalue weighted by molar-refractivity contribution is -0.385. The lowest BCUT2D eigenvalue weighted by atomic mass is 9.88. The number of hydrogen-bond donors (Lipinski definition) is 0. The number of carbonyl (C=O) groups is 2. The van der Waals surface area contributed by atoms with Crippen LogP contribution in [0.2, 0.25) is 0 Å². The van der Waals surface area contributed by atoms with E-state index in [1.807, 2.05) is 6.26 Å². The summed E-state index contributed by atoms with van der Waals surface area (Å²) in [7, 11) is 1.57. The molecule has 1 aliphatic rings. The van der Waals surface area contributed by atoms with Crippen molar-refractivity contribution in [1.29, 1.82) is 0 Å². The number of nitrogens with zero attached hydrogens (tertiary/aromatic N) is 2. The van der Waals surface area contributed by atoms with Crippen LogP contribution in [0.3, 0.4) is 0 Å². The minimum atomic E-state index is -0.530. The van der Waals surface area contributed by atoms with Gasteiger partial charge in [-0.05, 0) is 55.5 Å². The van der Waals surface area contributed by atoms with E-state index in [0.29, 0.717) is 37.2 Å². The Morgan fingerprint density at radius 3 is 2.34 bits per heavy atom. The highest BCUT2D eigenvalue weighted by Gasteiger charge is 2.31. The molecule has 0 radical (unpaired) electrons. The first-order chi connectivity index (χ1) is 13.9. The van der Waals surface area contributed by atoms with Crippen molar-refractivity contribution >= 4 is 29.1 Å². The predicted octanol–water partition coefficient (Wildman–Crippen LogP) is 4.06. The number of hydrogen-bond acceptors (Lipinski definition) is 6. The molecule has 1 saturated heterocycles. The lowest BCUT2D eigenvalue weighted by Gasteiger charge is -2.31. The molecule has 29 heavy (non-hydrogen) atoms. The topological polar surface area (TPSA) is 89.8 Å². The molecular weight excluding hydrogens is 392 g/mol. The number of methoxy groups -OCH3 is 1. The van der Waals surface area contributed by atoms with Gasteiger partial charge in [0.15, 0.2) is 5.78 Å². The van der Waals surface area contributed by atoms with Crippen molar-refractivity contribution in [2.45, 2.75) is 17.7 Å². The van der Waals surface area contributed by atoms with Crippen LogP contribution in [0, 0.1) is 16.0 Å². The van der Waals surface area contributed by atoms with Crippen LogP contribution in [0.1, 0.15) is 33.6 Å². The van der Waals surface area contributed by atoms with Crippen molar-refractivity contribution in [3.8, 4) is 5.75 Å². The van der Waals surface area contributed by atoms with Gasteiger partial charge in [0.1, 0.15) is 11.3 Å². The number of carbonyl (C=O) groups excluding carboxylic acids is 2. The van der Waals surface area contributed by atoms with E-state index in [9.17, 15) is 19.7 Å². The van der Waals surface area contributed by atoms with Crippen molar-refractivity contribution in [3.63, 3.8) is 0 Å². The standard InChI is InChI=1S/C21H22N2O5S/c1-28-16-5-3-14(4-6-16)20(24)15-9-11-22(12-10-15)21(25)18-13-17(29-2)7-8-19(18)23(26)27/h3-8,13,15H,9-12H2,1-2H3. The Morgan fingerprint density at radius 2 is 1.79 bits per heavy atom. The zero-order valence-electron chi connectivity index (χ0n) is 16.3. The summed E-state index contributed by atoms with van der Waals surface area (Å²) in [5.74, 6) is 0.217. The van der Waals surface area contributed by atoms with Gasteiger partial charge in [-0.1, -0.05) is 0 Å². The van der Waals surface area contributed by atoms with Crippen LogP contribution in [0.25, 0.3) is 0 Å². The summed E-state index contributed by atoms with van der Waals surface area (Å²) in [5, 5.41) is 11.3. The maximum atomic E-state index is 12.9. The number of likely N-dealkylation sites (tertiary alicyclic amines) is 1. The number of rotatable bonds is 6. The summed E-state index contributed by atoms with van der Waals surface area (Å²) in [6.45, 7) is 0.790. The molecule has 8 heteroatoms. The first-order valence-electron chi connectivity index (χ1n) is 9.24. The molecule has 0 bridgehead atoms. The van der Waals surface area contributed by atoms with E-state index >= 15 is 0 Å². The third kappa shape index (κ3) is 4.59. The number of benzene rings is 2. The molecule has 3 rings (SSSR count). The van der Waals surface area contributed by atoms with E-state index in [2.05, 4.69) is 0 Å². The Hall–Kier alpha value is -2.87. The number of nitro groups is 1. The van der Waals surface area contributed by atoms with Gasteiger partial charge in [-0.15, -0.1) is 11.8 Å². The molecular formula is C21H22N2O5S. The van der Waals surface area contributed by atoms with Gasteiger partial charge >= 0.3 is 0 Å². The van der Waals surface area contributed by atoms with Crippen LogP contribution in [-0.4, -0.2) is 48.0 Å². The Kier molecular flexibility index (Phi) is 6.53. The van der Waals surface area contributed by atoms with Gasteiger partial charge in [0.2, 0.25) is 0 Å². The fourth-order valence-corrected chi connectivity index (χ4v) is 3.92. The van der Waals surface area contributed by atoms with E-state index in [1.54, 1.807) is 48.4 Å². The number of Topliss-reactive ketones (excluding diaryl/α,β-unsaturated/α-hetero) is 1. The van der Waals surface area contributed by atoms with Crippen molar-refractivity contribution in [3.05, 3.63) is 63.7 Å². The fraction of sp³-hybridized carbons (Fsp3) is 0.333. The van der Waals surface area contributed by atoms with E-state index in [1.165, 1.54) is 17.8 Å². The van der Waals surface area contributed by atoms with Gasteiger partial charge in [0, 0.05) is 35.5 Å². The van der Waals surface area contributed by atoms with Crippen LogP contribution >= 0.6 is 11.8 Å². The Balaban J connectivity index is 1.69. The summed E-state index contributed by atoms with van der Waals surface area (Å²) in [6.07, 6.45) is 2.92. The minimum Gasteiger partial charge on any atom is -0.497 e. The molecule has 2 aromatic rings. The largest absolute Gasteiger partial charge is 0.497 e.